The molecule has 0 rings (SSSR count). The van der Waals surface area contributed by atoms with Gasteiger partial charge in [-0.15, -0.1) is 0 Å². The fourth-order valence-corrected chi connectivity index (χ4v) is 8.30. The van der Waals surface area contributed by atoms with Crippen molar-refractivity contribution in [3.63, 3.8) is 0 Å². The number of aliphatic hydroxyl groups is 2. The molecule has 4 heteroatoms. The monoisotopic (exact) mass is 790 g/mol. The van der Waals surface area contributed by atoms with Gasteiger partial charge in [0, 0.05) is 6.42 Å². The largest absolute Gasteiger partial charge is 0.394 e. The van der Waals surface area contributed by atoms with Gasteiger partial charge in [0.25, 0.3) is 0 Å². The average Bonchev–Trinajstić information content (AvgIpc) is 3.20. The summed E-state index contributed by atoms with van der Waals surface area (Å²) in [5.41, 5.74) is 0. The molecule has 0 saturated heterocycles. The van der Waals surface area contributed by atoms with Crippen LogP contribution in [0.5, 0.6) is 0 Å². The summed E-state index contributed by atoms with van der Waals surface area (Å²) in [4.78, 5) is 12.4. The van der Waals surface area contributed by atoms with E-state index in [-0.39, 0.29) is 12.5 Å². The minimum absolute atomic E-state index is 0.0268. The Bertz CT molecular complexity index is 769. The van der Waals surface area contributed by atoms with Crippen molar-refractivity contribution in [1.29, 1.82) is 0 Å². The Labute approximate surface area is 352 Å². The Hall–Kier alpha value is -0.870. The highest BCUT2D eigenvalue weighted by atomic mass is 16.3. The lowest BCUT2D eigenvalue weighted by Crippen LogP contribution is -2.45. The lowest BCUT2D eigenvalue weighted by Gasteiger charge is -2.22. The number of unbranched alkanes of at least 4 members (excludes halogenated alkanes) is 39. The molecule has 0 aliphatic rings. The molecular formula is C52H103NO3. The van der Waals surface area contributed by atoms with Crippen LogP contribution in [0.3, 0.4) is 0 Å². The summed E-state index contributed by atoms with van der Waals surface area (Å²) in [6.07, 6.45) is 61.8. The van der Waals surface area contributed by atoms with Crippen LogP contribution in [-0.2, 0) is 4.79 Å². The number of amides is 1. The first kappa shape index (κ1) is 55.1. The molecule has 334 valence electrons. The number of hydrogen-bond donors (Lipinski definition) is 3. The van der Waals surface area contributed by atoms with E-state index in [1.807, 2.05) is 0 Å². The van der Waals surface area contributed by atoms with E-state index >= 15 is 0 Å². The number of rotatable bonds is 48. The zero-order chi connectivity index (χ0) is 40.7. The number of carbonyl (C=O) groups is 1. The summed E-state index contributed by atoms with van der Waals surface area (Å²) in [5, 5.41) is 23.2. The van der Waals surface area contributed by atoms with Crippen molar-refractivity contribution in [2.75, 3.05) is 6.61 Å². The summed E-state index contributed by atoms with van der Waals surface area (Å²) >= 11 is 0. The van der Waals surface area contributed by atoms with Crippen molar-refractivity contribution in [2.45, 2.75) is 309 Å². The Morgan fingerprint density at radius 3 is 0.982 bits per heavy atom. The zero-order valence-corrected chi connectivity index (χ0v) is 38.4. The molecule has 0 radical (unpaired) electrons. The van der Waals surface area contributed by atoms with Gasteiger partial charge in [-0.2, -0.15) is 0 Å². The van der Waals surface area contributed by atoms with Crippen molar-refractivity contribution in [2.24, 2.45) is 0 Å². The molecule has 0 bridgehead atoms. The lowest BCUT2D eigenvalue weighted by molar-refractivity contribution is -0.123. The first-order valence-corrected chi connectivity index (χ1v) is 25.9. The van der Waals surface area contributed by atoms with E-state index in [1.54, 1.807) is 0 Å². The number of hydrogen-bond acceptors (Lipinski definition) is 3. The molecule has 0 aromatic rings. The third kappa shape index (κ3) is 44.2. The second-order valence-corrected chi connectivity index (χ2v) is 17.9. The lowest BCUT2D eigenvalue weighted by atomic mass is 10.0. The van der Waals surface area contributed by atoms with Gasteiger partial charge in [0.15, 0.2) is 0 Å². The van der Waals surface area contributed by atoms with Gasteiger partial charge in [0.05, 0.1) is 18.8 Å². The third-order valence-corrected chi connectivity index (χ3v) is 12.3. The summed E-state index contributed by atoms with van der Waals surface area (Å²) in [5.74, 6) is -0.0268. The zero-order valence-electron chi connectivity index (χ0n) is 38.4. The topological polar surface area (TPSA) is 69.6 Å². The molecule has 0 aromatic heterocycles. The molecule has 2 unspecified atom stereocenters. The van der Waals surface area contributed by atoms with Crippen LogP contribution in [0.1, 0.15) is 296 Å². The summed E-state index contributed by atoms with van der Waals surface area (Å²) in [6.45, 7) is 4.39. The Balaban J connectivity index is 3.42. The fraction of sp³-hybridized carbons (Fsp3) is 0.942. The van der Waals surface area contributed by atoms with Crippen molar-refractivity contribution < 1.29 is 15.0 Å². The van der Waals surface area contributed by atoms with Crippen molar-refractivity contribution in [3.8, 4) is 0 Å². The first-order chi connectivity index (χ1) is 27.7. The van der Waals surface area contributed by atoms with E-state index in [2.05, 4.69) is 31.3 Å². The molecular weight excluding hydrogens is 687 g/mol. The maximum Gasteiger partial charge on any atom is 0.220 e. The van der Waals surface area contributed by atoms with Gasteiger partial charge in [-0.1, -0.05) is 264 Å². The van der Waals surface area contributed by atoms with Gasteiger partial charge < -0.3 is 15.5 Å². The molecule has 0 aliphatic carbocycles. The quantitative estimate of drug-likeness (QED) is 0.0425. The van der Waals surface area contributed by atoms with E-state index in [9.17, 15) is 15.0 Å². The third-order valence-electron chi connectivity index (χ3n) is 12.3. The first-order valence-electron chi connectivity index (χ1n) is 25.9. The van der Waals surface area contributed by atoms with Gasteiger partial charge in [-0.05, 0) is 38.5 Å². The molecule has 0 heterocycles. The SMILES string of the molecule is CCCCCCCCCCCCCC/C=C\CCCCCCCCCCCCCCCC(=O)NC(CO)C(O)CCCCCCCCCCCCCCCCC. The van der Waals surface area contributed by atoms with Crippen LogP contribution < -0.4 is 5.32 Å². The van der Waals surface area contributed by atoms with Crippen LogP contribution in [0.15, 0.2) is 12.2 Å². The summed E-state index contributed by atoms with van der Waals surface area (Å²) in [7, 11) is 0. The number of allylic oxidation sites excluding steroid dienone is 2. The van der Waals surface area contributed by atoms with Crippen LogP contribution in [0.2, 0.25) is 0 Å². The van der Waals surface area contributed by atoms with Crippen molar-refractivity contribution in [1.82, 2.24) is 5.32 Å². The van der Waals surface area contributed by atoms with Crippen LogP contribution in [0.25, 0.3) is 0 Å². The van der Waals surface area contributed by atoms with Gasteiger partial charge >= 0.3 is 0 Å². The Kier molecular flexibility index (Phi) is 47.7. The molecule has 0 spiro atoms. The molecule has 0 fully saturated rings. The molecule has 0 aromatic carbocycles. The minimum Gasteiger partial charge on any atom is -0.394 e. The summed E-state index contributed by atoms with van der Waals surface area (Å²) in [6, 6.07) is -0.532. The number of aliphatic hydroxyl groups excluding tert-OH is 2. The molecule has 3 N–H and O–H groups in total. The van der Waals surface area contributed by atoms with Crippen LogP contribution >= 0.6 is 0 Å². The highest BCUT2D eigenvalue weighted by molar-refractivity contribution is 5.76. The molecule has 1 amide bonds. The fourth-order valence-electron chi connectivity index (χ4n) is 8.30. The van der Waals surface area contributed by atoms with Gasteiger partial charge in [-0.3, -0.25) is 4.79 Å². The predicted molar refractivity (Wildman–Crippen MR) is 249 cm³/mol. The van der Waals surface area contributed by atoms with E-state index in [4.69, 9.17) is 0 Å². The van der Waals surface area contributed by atoms with Gasteiger partial charge in [-0.25, -0.2) is 0 Å². The van der Waals surface area contributed by atoms with E-state index < -0.39 is 12.1 Å². The van der Waals surface area contributed by atoms with Crippen LogP contribution in [-0.4, -0.2) is 34.9 Å². The average molecular weight is 790 g/mol. The van der Waals surface area contributed by atoms with Crippen molar-refractivity contribution >= 4 is 5.91 Å². The maximum absolute atomic E-state index is 12.4. The van der Waals surface area contributed by atoms with E-state index in [0.29, 0.717) is 12.8 Å². The number of nitrogens with one attached hydrogen (secondary N) is 1. The molecule has 2 atom stereocenters. The van der Waals surface area contributed by atoms with Gasteiger partial charge in [0.1, 0.15) is 0 Å². The normalized spacial score (nSPS) is 12.9. The summed E-state index contributed by atoms with van der Waals surface area (Å²) < 4.78 is 0. The second-order valence-electron chi connectivity index (χ2n) is 17.9. The predicted octanol–water partition coefficient (Wildman–Crippen LogP) is 16.6. The molecule has 0 saturated carbocycles. The minimum atomic E-state index is -0.656. The van der Waals surface area contributed by atoms with Gasteiger partial charge in [0.2, 0.25) is 5.91 Å². The number of carbonyl (C=O) groups excluding carboxylic acids is 1. The Morgan fingerprint density at radius 2 is 0.679 bits per heavy atom. The second kappa shape index (κ2) is 48.5. The molecule has 56 heavy (non-hydrogen) atoms. The molecule has 4 nitrogen and oxygen atoms in total. The van der Waals surface area contributed by atoms with E-state index in [0.717, 1.165) is 25.7 Å². The van der Waals surface area contributed by atoms with Crippen molar-refractivity contribution in [3.05, 3.63) is 12.2 Å². The highest BCUT2D eigenvalue weighted by Gasteiger charge is 2.20. The van der Waals surface area contributed by atoms with E-state index in [1.165, 1.54) is 244 Å². The van der Waals surface area contributed by atoms with Crippen LogP contribution in [0, 0.1) is 0 Å². The highest BCUT2D eigenvalue weighted by Crippen LogP contribution is 2.17. The van der Waals surface area contributed by atoms with Crippen LogP contribution in [0.4, 0.5) is 0 Å². The smallest absolute Gasteiger partial charge is 0.220 e. The Morgan fingerprint density at radius 1 is 0.411 bits per heavy atom. The maximum atomic E-state index is 12.4. The standard InChI is InChI=1S/C52H103NO3/c1-3-5-7-9-11-13-15-17-19-20-21-22-23-24-25-26-27-28-29-30-31-32-34-36-38-40-42-44-46-48-52(56)53-50(49-54)51(55)47-45-43-41-39-37-35-33-18-16-14-12-10-8-6-4-2/h24-25,50-51,54-55H,3-23,26-49H2,1-2H3,(H,53,56)/b25-24-. The molecule has 0 aliphatic heterocycles.